The van der Waals surface area contributed by atoms with E-state index in [2.05, 4.69) is 27.3 Å². The summed E-state index contributed by atoms with van der Waals surface area (Å²) in [5, 5.41) is 7.09. The molecule has 24 heavy (non-hydrogen) atoms. The van der Waals surface area contributed by atoms with Crippen LogP contribution in [0, 0.1) is 0 Å². The van der Waals surface area contributed by atoms with Crippen molar-refractivity contribution in [2.75, 3.05) is 6.61 Å². The van der Waals surface area contributed by atoms with Gasteiger partial charge in [0.05, 0.1) is 0 Å². The topological polar surface area (TPSA) is 81.9 Å². The third kappa shape index (κ3) is 4.17. The molecule has 0 aliphatic carbocycles. The first-order valence-corrected chi connectivity index (χ1v) is 8.50. The maximum atomic E-state index is 12.1. The molecule has 2 aromatic rings. The van der Waals surface area contributed by atoms with Crippen LogP contribution in [0.15, 0.2) is 24.7 Å². The molecule has 7 heteroatoms. The minimum absolute atomic E-state index is 0.00456. The van der Waals surface area contributed by atoms with Crippen molar-refractivity contribution in [3.05, 3.63) is 41.7 Å². The van der Waals surface area contributed by atoms with E-state index >= 15 is 0 Å². The minimum Gasteiger partial charge on any atom is -0.370 e. The normalized spacial score (nSPS) is 17.6. The summed E-state index contributed by atoms with van der Waals surface area (Å²) in [6, 6.07) is 1.73. The van der Waals surface area contributed by atoms with Crippen molar-refractivity contribution in [3.8, 4) is 0 Å². The molecule has 0 unspecified atom stereocenters. The van der Waals surface area contributed by atoms with Crippen LogP contribution in [-0.4, -0.2) is 32.3 Å². The fraction of sp³-hybridized carbons (Fsp3) is 0.529. The highest BCUT2D eigenvalue weighted by molar-refractivity contribution is 5.92. The summed E-state index contributed by atoms with van der Waals surface area (Å²) in [6.07, 6.45) is 9.52. The zero-order chi connectivity index (χ0) is 16.8. The molecule has 3 rings (SSSR count). The fourth-order valence-electron chi connectivity index (χ4n) is 2.68. The van der Waals surface area contributed by atoms with E-state index in [0.29, 0.717) is 12.2 Å². The third-order valence-corrected chi connectivity index (χ3v) is 3.97. The molecule has 1 N–H and O–H groups in total. The lowest BCUT2D eigenvalue weighted by Crippen LogP contribution is -2.24. The van der Waals surface area contributed by atoms with Crippen LogP contribution >= 0.6 is 0 Å². The Morgan fingerprint density at radius 3 is 2.92 bits per heavy atom. The molecule has 0 bridgehead atoms. The molecule has 0 spiro atoms. The zero-order valence-corrected chi connectivity index (χ0v) is 13.9. The monoisotopic (exact) mass is 329 g/mol. The van der Waals surface area contributed by atoms with Crippen LogP contribution in [0.25, 0.3) is 0 Å². The van der Waals surface area contributed by atoms with Gasteiger partial charge < -0.3 is 10.1 Å². The molecule has 3 heterocycles. The second kappa shape index (κ2) is 8.01. The number of rotatable bonds is 6. The maximum absolute atomic E-state index is 12.1. The molecular weight excluding hydrogens is 306 g/mol. The maximum Gasteiger partial charge on any atom is 0.272 e. The number of ether oxygens (including phenoxy) is 1. The summed E-state index contributed by atoms with van der Waals surface area (Å²) in [5.41, 5.74) is 1.28. The van der Waals surface area contributed by atoms with Gasteiger partial charge in [0, 0.05) is 43.9 Å². The second-order valence-electron chi connectivity index (χ2n) is 5.95. The van der Waals surface area contributed by atoms with Gasteiger partial charge >= 0.3 is 0 Å². The van der Waals surface area contributed by atoms with E-state index in [-0.39, 0.29) is 12.0 Å². The molecule has 128 valence electrons. The van der Waals surface area contributed by atoms with Crippen LogP contribution in [0.2, 0.25) is 0 Å². The fourth-order valence-corrected chi connectivity index (χ4v) is 2.68. The van der Waals surface area contributed by atoms with Crippen molar-refractivity contribution < 1.29 is 9.53 Å². The van der Waals surface area contributed by atoms with Crippen molar-refractivity contribution in [3.63, 3.8) is 0 Å². The first-order valence-electron chi connectivity index (χ1n) is 8.50. The van der Waals surface area contributed by atoms with Crippen molar-refractivity contribution >= 4 is 5.91 Å². The Bertz CT molecular complexity index is 662. The third-order valence-electron chi connectivity index (χ3n) is 3.97. The predicted octanol–water partition coefficient (Wildman–Crippen LogP) is 2.25. The summed E-state index contributed by atoms with van der Waals surface area (Å²) in [7, 11) is 0. The molecule has 0 saturated carbocycles. The van der Waals surface area contributed by atoms with Gasteiger partial charge in [-0.15, -0.1) is 0 Å². The van der Waals surface area contributed by atoms with Crippen LogP contribution in [0.1, 0.15) is 60.6 Å². The van der Waals surface area contributed by atoms with Crippen molar-refractivity contribution in [2.24, 2.45) is 0 Å². The lowest BCUT2D eigenvalue weighted by molar-refractivity contribution is 0.00940. The predicted molar refractivity (Wildman–Crippen MR) is 88.3 cm³/mol. The van der Waals surface area contributed by atoms with Crippen molar-refractivity contribution in [1.82, 2.24) is 25.1 Å². The van der Waals surface area contributed by atoms with E-state index in [1.54, 1.807) is 23.1 Å². The van der Waals surface area contributed by atoms with Gasteiger partial charge in [0.25, 0.3) is 5.91 Å². The van der Waals surface area contributed by atoms with Crippen LogP contribution < -0.4 is 5.32 Å². The quantitative estimate of drug-likeness (QED) is 0.879. The lowest BCUT2D eigenvalue weighted by Gasteiger charge is -2.21. The van der Waals surface area contributed by atoms with E-state index < -0.39 is 0 Å². The molecule has 1 aliphatic heterocycles. The number of hydrogen-bond donors (Lipinski definition) is 1. The summed E-state index contributed by atoms with van der Waals surface area (Å²) in [4.78, 5) is 20.9. The minimum atomic E-state index is -0.190. The standard InChI is InChI=1S/C17H23N5O2/c1-2-7-22-8-6-14(21-22)17(23)20-12-13-10-18-16(19-11-13)15-5-3-4-9-24-15/h6,8,10-11,15H,2-5,7,9,12H2,1H3,(H,20,23)/t15-/m1/s1. The Labute approximate surface area is 141 Å². The van der Waals surface area contributed by atoms with Gasteiger partial charge in [0.2, 0.25) is 0 Å². The highest BCUT2D eigenvalue weighted by atomic mass is 16.5. The molecule has 1 amide bonds. The largest absolute Gasteiger partial charge is 0.370 e. The molecule has 2 aromatic heterocycles. The van der Waals surface area contributed by atoms with Gasteiger partial charge in [-0.3, -0.25) is 9.48 Å². The molecular formula is C17H23N5O2. The van der Waals surface area contributed by atoms with Gasteiger partial charge in [0.15, 0.2) is 5.82 Å². The van der Waals surface area contributed by atoms with Gasteiger partial charge in [-0.25, -0.2) is 9.97 Å². The molecule has 1 aliphatic rings. The van der Waals surface area contributed by atoms with Crippen LogP contribution in [0.4, 0.5) is 0 Å². The van der Waals surface area contributed by atoms with Crippen molar-refractivity contribution in [2.45, 2.75) is 51.8 Å². The zero-order valence-electron chi connectivity index (χ0n) is 13.9. The molecule has 1 saturated heterocycles. The van der Waals surface area contributed by atoms with E-state index in [1.807, 2.05) is 6.20 Å². The van der Waals surface area contributed by atoms with Gasteiger partial charge in [0.1, 0.15) is 11.8 Å². The van der Waals surface area contributed by atoms with E-state index in [4.69, 9.17) is 4.74 Å². The number of carbonyl (C=O) groups is 1. The van der Waals surface area contributed by atoms with E-state index in [9.17, 15) is 4.79 Å². The first-order chi connectivity index (χ1) is 11.8. The average Bonchev–Trinajstić information content (AvgIpc) is 3.10. The Kier molecular flexibility index (Phi) is 5.53. The smallest absolute Gasteiger partial charge is 0.272 e. The summed E-state index contributed by atoms with van der Waals surface area (Å²) < 4.78 is 7.45. The summed E-state index contributed by atoms with van der Waals surface area (Å²) in [6.45, 7) is 4.04. The Morgan fingerprint density at radius 2 is 2.21 bits per heavy atom. The Morgan fingerprint density at radius 1 is 1.38 bits per heavy atom. The number of amides is 1. The number of carbonyl (C=O) groups excluding carboxylic acids is 1. The molecule has 0 aromatic carbocycles. The number of nitrogens with one attached hydrogen (secondary N) is 1. The first kappa shape index (κ1) is 16.6. The number of aryl methyl sites for hydroxylation is 1. The highest BCUT2D eigenvalue weighted by Crippen LogP contribution is 2.24. The molecule has 0 radical (unpaired) electrons. The summed E-state index contributed by atoms with van der Waals surface area (Å²) in [5.74, 6) is 0.535. The molecule has 7 nitrogen and oxygen atoms in total. The number of aromatic nitrogens is 4. The Hall–Kier alpha value is -2.28. The van der Waals surface area contributed by atoms with Crippen LogP contribution in [0.3, 0.4) is 0 Å². The Balaban J connectivity index is 1.53. The number of nitrogens with zero attached hydrogens (tertiary/aromatic N) is 4. The van der Waals surface area contributed by atoms with E-state index in [1.165, 1.54) is 0 Å². The van der Waals surface area contributed by atoms with E-state index in [0.717, 1.165) is 50.2 Å². The SMILES string of the molecule is CCCn1ccc(C(=O)NCc2cnc([C@H]3CCCCO3)nc2)n1. The summed E-state index contributed by atoms with van der Waals surface area (Å²) >= 11 is 0. The molecule has 1 atom stereocenters. The number of hydrogen-bond acceptors (Lipinski definition) is 5. The van der Waals surface area contributed by atoms with Gasteiger partial charge in [-0.2, -0.15) is 5.10 Å². The van der Waals surface area contributed by atoms with Gasteiger partial charge in [-0.05, 0) is 31.7 Å². The lowest BCUT2D eigenvalue weighted by atomic mass is 10.1. The van der Waals surface area contributed by atoms with Gasteiger partial charge in [-0.1, -0.05) is 6.92 Å². The average molecular weight is 329 g/mol. The molecule has 1 fully saturated rings. The highest BCUT2D eigenvalue weighted by Gasteiger charge is 2.18. The second-order valence-corrected chi connectivity index (χ2v) is 5.95. The van der Waals surface area contributed by atoms with Crippen LogP contribution in [0.5, 0.6) is 0 Å². The van der Waals surface area contributed by atoms with Crippen LogP contribution in [-0.2, 0) is 17.8 Å². The van der Waals surface area contributed by atoms with Crippen molar-refractivity contribution in [1.29, 1.82) is 0 Å².